The molecule has 0 saturated heterocycles. The molecule has 4 nitrogen and oxygen atoms in total. The lowest BCUT2D eigenvalue weighted by atomic mass is 10.1. The van der Waals surface area contributed by atoms with Gasteiger partial charge in [0.25, 0.3) is 0 Å². The number of carbonyl (C=O) groups is 2. The second kappa shape index (κ2) is 27.5. The summed E-state index contributed by atoms with van der Waals surface area (Å²) in [5.41, 5.74) is 4.50. The Bertz CT molecular complexity index is 194. The first-order chi connectivity index (χ1) is 9.53. The van der Waals surface area contributed by atoms with Gasteiger partial charge < -0.3 is 15.8 Å². The monoisotopic (exact) mass is 344 g/mol. The minimum absolute atomic E-state index is 0.0519. The largest absolute Gasteiger partial charge is 0.344 e. The first-order valence-corrected chi connectivity index (χ1v) is 10.7. The van der Waals surface area contributed by atoms with Gasteiger partial charge in [-0.15, -0.1) is 11.8 Å². The highest BCUT2D eigenvalue weighted by Crippen LogP contribution is 2.09. The summed E-state index contributed by atoms with van der Waals surface area (Å²) in [5, 5.41) is 2.90. The van der Waals surface area contributed by atoms with Gasteiger partial charge in [0, 0.05) is 12.3 Å². The maximum Gasteiger partial charge on any atom is 0.224 e. The molecule has 0 saturated carbocycles. The molecule has 0 aliphatic rings. The average molecular weight is 345 g/mol. The van der Waals surface area contributed by atoms with Crippen LogP contribution in [0.25, 0.3) is 0 Å². The summed E-state index contributed by atoms with van der Waals surface area (Å²) >= 11 is 1.57. The molecule has 3 N–H and O–H groups in total. The molecule has 2 unspecified atom stereocenters. The predicted molar refractivity (Wildman–Crippen MR) is 99.5 cm³/mol. The fraction of sp³-hybridized carbons (Fsp3) is 0.846. The van der Waals surface area contributed by atoms with E-state index in [-0.39, 0.29) is 17.2 Å². The van der Waals surface area contributed by atoms with Crippen LogP contribution in [0.2, 0.25) is 0 Å². The van der Waals surface area contributed by atoms with Crippen LogP contribution in [0.5, 0.6) is 0 Å². The van der Waals surface area contributed by atoms with Crippen LogP contribution in [0.1, 0.15) is 34.1 Å². The molecule has 0 radical (unpaired) electrons. The highest BCUT2D eigenvalue weighted by atomic mass is 33.1. The molecule has 2 atom stereocenters. The van der Waals surface area contributed by atoms with E-state index in [0.717, 1.165) is 6.29 Å². The summed E-state index contributed by atoms with van der Waals surface area (Å²) in [5.74, 6) is -0.263. The van der Waals surface area contributed by atoms with Crippen molar-refractivity contribution in [3.8, 4) is 0 Å². The zero-order valence-corrected chi connectivity index (χ0v) is 16.5. The quantitative estimate of drug-likeness (QED) is 0.438. The fourth-order valence-corrected chi connectivity index (χ4v) is 0.887. The zero-order valence-electron chi connectivity index (χ0n) is 14.1. The molecule has 20 heavy (non-hydrogen) atoms. The third-order valence-corrected chi connectivity index (χ3v) is 3.92. The molecule has 0 aliphatic carbocycles. The predicted octanol–water partition coefficient (Wildman–Crippen LogP) is 3.27. The molecular weight excluding hydrogens is 312 g/mol. The zero-order chi connectivity index (χ0) is 17.0. The maximum absolute atomic E-state index is 11.2. The van der Waals surface area contributed by atoms with Gasteiger partial charge in [-0.25, -0.2) is 0 Å². The molecule has 0 aromatic heterocycles. The third kappa shape index (κ3) is 26.7. The minimum Gasteiger partial charge on any atom is -0.344 e. The van der Waals surface area contributed by atoms with Crippen LogP contribution < -0.4 is 11.1 Å². The van der Waals surface area contributed by atoms with Gasteiger partial charge in [0.05, 0.1) is 5.37 Å². The second-order valence-electron chi connectivity index (χ2n) is 3.02. The second-order valence-corrected chi connectivity index (χ2v) is 6.87. The van der Waals surface area contributed by atoms with Crippen molar-refractivity contribution in [2.75, 3.05) is 25.8 Å². The van der Waals surface area contributed by atoms with Crippen molar-refractivity contribution in [3.05, 3.63) is 0 Å². The molecule has 0 aromatic rings. The van der Waals surface area contributed by atoms with Crippen LogP contribution in [0, 0.1) is 5.92 Å². The van der Waals surface area contributed by atoms with Crippen LogP contribution in [0.15, 0.2) is 0 Å². The highest BCUT2D eigenvalue weighted by Gasteiger charge is 2.13. The number of nitrogens with one attached hydrogen (secondary N) is 1. The van der Waals surface area contributed by atoms with E-state index in [4.69, 9.17) is 0 Å². The van der Waals surface area contributed by atoms with Gasteiger partial charge in [-0.05, 0) is 32.7 Å². The van der Waals surface area contributed by atoms with E-state index < -0.39 is 0 Å². The standard InChI is InChI=1S/C8H15NO2S.C2H6S2.C2H6.CH5N/c1-6(4-5-10)8(11)9-7(2)12-3;1-3-4-2;2*1-2/h5-7H,4H2,1-3H3,(H,9,11);1-2H3;1-2H3;2H2,1H3. The lowest BCUT2D eigenvalue weighted by molar-refractivity contribution is -0.126. The Hall–Kier alpha value is 0.150. The summed E-state index contributed by atoms with van der Waals surface area (Å²) in [7, 11) is 5.05. The number of carbonyl (C=O) groups excluding carboxylic acids is 2. The Kier molecular flexibility index (Phi) is 38.9. The van der Waals surface area contributed by atoms with Gasteiger partial charge in [0.15, 0.2) is 0 Å². The SMILES string of the molecule is CC.CN.CSC(C)NC(=O)C(C)CC=O.CSSC. The summed E-state index contributed by atoms with van der Waals surface area (Å²) in [6.45, 7) is 7.66. The van der Waals surface area contributed by atoms with E-state index in [1.54, 1.807) is 40.3 Å². The molecule has 0 heterocycles. The van der Waals surface area contributed by atoms with Crippen molar-refractivity contribution in [1.82, 2.24) is 5.32 Å². The van der Waals surface area contributed by atoms with Crippen LogP contribution >= 0.6 is 33.3 Å². The number of hydrogen-bond donors (Lipinski definition) is 2. The summed E-state index contributed by atoms with van der Waals surface area (Å²) in [6.07, 6.45) is 7.12. The summed E-state index contributed by atoms with van der Waals surface area (Å²) < 4.78 is 0. The number of thioether (sulfide) groups is 1. The van der Waals surface area contributed by atoms with E-state index in [9.17, 15) is 9.59 Å². The molecule has 0 spiro atoms. The molecule has 0 aromatic carbocycles. The van der Waals surface area contributed by atoms with Gasteiger partial charge in [0.1, 0.15) is 6.29 Å². The van der Waals surface area contributed by atoms with Gasteiger partial charge in [-0.2, -0.15) is 0 Å². The molecule has 0 aliphatic heterocycles. The Morgan fingerprint density at radius 2 is 1.55 bits per heavy atom. The van der Waals surface area contributed by atoms with Crippen molar-refractivity contribution in [1.29, 1.82) is 0 Å². The van der Waals surface area contributed by atoms with Crippen molar-refractivity contribution in [2.45, 2.75) is 39.5 Å². The molecule has 0 fully saturated rings. The lowest BCUT2D eigenvalue weighted by Gasteiger charge is -2.13. The van der Waals surface area contributed by atoms with Crippen molar-refractivity contribution in [3.63, 3.8) is 0 Å². The smallest absolute Gasteiger partial charge is 0.224 e. The van der Waals surface area contributed by atoms with Crippen LogP contribution in [0.4, 0.5) is 0 Å². The van der Waals surface area contributed by atoms with Crippen LogP contribution in [-0.4, -0.2) is 43.4 Å². The number of nitrogens with two attached hydrogens (primary N) is 1. The van der Waals surface area contributed by atoms with E-state index in [1.807, 2.05) is 27.0 Å². The van der Waals surface area contributed by atoms with Crippen LogP contribution in [0.3, 0.4) is 0 Å². The number of amides is 1. The molecule has 7 heteroatoms. The summed E-state index contributed by atoms with van der Waals surface area (Å²) in [4.78, 5) is 21.3. The minimum atomic E-state index is -0.211. The fourth-order valence-electron chi connectivity index (χ4n) is 0.653. The Balaban J connectivity index is -0.000000134. The van der Waals surface area contributed by atoms with E-state index in [1.165, 1.54) is 7.05 Å². The normalized spacial score (nSPS) is 11.1. The number of aldehydes is 1. The lowest BCUT2D eigenvalue weighted by Crippen LogP contribution is -2.34. The average Bonchev–Trinajstić information content (AvgIpc) is 2.51. The summed E-state index contributed by atoms with van der Waals surface area (Å²) in [6, 6.07) is 0. The van der Waals surface area contributed by atoms with Gasteiger partial charge in [-0.3, -0.25) is 4.79 Å². The van der Waals surface area contributed by atoms with Crippen molar-refractivity contribution >= 4 is 45.5 Å². The van der Waals surface area contributed by atoms with E-state index in [0.29, 0.717) is 6.42 Å². The van der Waals surface area contributed by atoms with Crippen molar-refractivity contribution < 1.29 is 9.59 Å². The third-order valence-electron chi connectivity index (χ3n) is 1.76. The Labute approximate surface area is 137 Å². The number of hydrogen-bond acceptors (Lipinski definition) is 6. The van der Waals surface area contributed by atoms with Gasteiger partial charge in [0.2, 0.25) is 5.91 Å². The molecular formula is C13H32N2O2S3. The molecule has 124 valence electrons. The van der Waals surface area contributed by atoms with Crippen LogP contribution in [-0.2, 0) is 9.59 Å². The first kappa shape index (κ1) is 28.3. The van der Waals surface area contributed by atoms with E-state index in [2.05, 4.69) is 23.6 Å². The van der Waals surface area contributed by atoms with Gasteiger partial charge in [-0.1, -0.05) is 42.4 Å². The molecule has 0 bridgehead atoms. The number of rotatable bonds is 6. The molecule has 1 amide bonds. The van der Waals surface area contributed by atoms with Crippen molar-refractivity contribution in [2.24, 2.45) is 11.7 Å². The van der Waals surface area contributed by atoms with Gasteiger partial charge >= 0.3 is 0 Å². The first-order valence-electron chi connectivity index (χ1n) is 6.44. The Morgan fingerprint density at radius 1 is 1.15 bits per heavy atom. The Morgan fingerprint density at radius 3 is 1.80 bits per heavy atom. The molecule has 0 rings (SSSR count). The topological polar surface area (TPSA) is 72.2 Å². The maximum atomic E-state index is 11.2. The highest BCUT2D eigenvalue weighted by molar-refractivity contribution is 8.76. The van der Waals surface area contributed by atoms with E-state index >= 15 is 0 Å².